The Bertz CT molecular complexity index is 5250. The highest BCUT2D eigenvalue weighted by Crippen LogP contribution is 2.30. The van der Waals surface area contributed by atoms with Crippen molar-refractivity contribution < 1.29 is 91.7 Å². The van der Waals surface area contributed by atoms with Crippen LogP contribution in [0.25, 0.3) is 21.0 Å². The van der Waals surface area contributed by atoms with E-state index in [9.17, 15) is 53.4 Å². The molecule has 17 amide bonds. The summed E-state index contributed by atoms with van der Waals surface area (Å²) in [4.78, 5) is 267. The molecule has 6 heterocycles. The van der Waals surface area contributed by atoms with E-state index in [1.807, 2.05) is 39.0 Å². The van der Waals surface area contributed by atoms with E-state index in [0.717, 1.165) is 46.5 Å². The highest BCUT2D eigenvalue weighted by molar-refractivity contribution is 8.00. The molecule has 0 aliphatic carbocycles. The number of unbranched alkanes of at least 4 members (excludes halogenated alkanes) is 2. The fourth-order valence-corrected chi connectivity index (χ4v) is 18.6. The fourth-order valence-electron chi connectivity index (χ4n) is 16.8. The van der Waals surface area contributed by atoms with E-state index in [-0.39, 0.29) is 96.1 Å². The normalized spacial score (nSPS) is 24.7. The number of carbonyl (C=O) groups excluding carboxylic acids is 17. The van der Waals surface area contributed by atoms with Crippen molar-refractivity contribution in [3.63, 3.8) is 0 Å². The third-order valence-corrected chi connectivity index (χ3v) is 26.4. The summed E-state index contributed by atoms with van der Waals surface area (Å²) in [5, 5.41) is 63.0. The number of carbonyl (C=O) groups is 17. The van der Waals surface area contributed by atoms with Crippen molar-refractivity contribution >= 4 is 150 Å². The number of thioether (sulfide) groups is 1. The molecule has 3 aromatic carbocycles. The average Bonchev–Trinajstić information content (AvgIpc) is 1.53. The number of amides is 17. The number of aliphatic hydroxyl groups excluding tert-OH is 2. The molecular weight excluding hydrogens is 1800 g/mol. The quantitative estimate of drug-likeness (QED) is 0.0165. The second kappa shape index (κ2) is 51.0. The van der Waals surface area contributed by atoms with Crippen LogP contribution < -0.4 is 75.7 Å². The van der Waals surface area contributed by atoms with Crippen molar-refractivity contribution in [1.29, 1.82) is 5.41 Å². The molecule has 0 bridgehead atoms. The number of thiophene rings is 1. The molecule has 3 fully saturated rings. The van der Waals surface area contributed by atoms with Gasteiger partial charge in [0.2, 0.25) is 100 Å². The Morgan fingerprint density at radius 3 is 1.81 bits per heavy atom. The van der Waals surface area contributed by atoms with E-state index in [4.69, 9.17) is 22.6 Å². The number of hydrogen-bond acceptors (Lipinski definition) is 23. The molecule has 0 radical (unpaired) electrons. The summed E-state index contributed by atoms with van der Waals surface area (Å²) >= 11 is 2.15. The molecule has 3 aliphatic rings. The smallest absolute Gasteiger partial charge is 0.246 e. The van der Waals surface area contributed by atoms with Gasteiger partial charge in [0, 0.05) is 112 Å². The number of nitrogens with two attached hydrogens (primary N) is 3. The fraction of sp³-hybridized carbons (Fsp3) is 0.533. The summed E-state index contributed by atoms with van der Waals surface area (Å²) in [5.74, 6) is -17.5. The molecule has 0 saturated carbocycles. The van der Waals surface area contributed by atoms with Gasteiger partial charge in [-0.05, 0) is 104 Å². The minimum atomic E-state index is -1.88. The topological polar surface area (TPSA) is 626 Å². The van der Waals surface area contributed by atoms with E-state index in [1.54, 1.807) is 80.0 Å². The summed E-state index contributed by atoms with van der Waals surface area (Å²) in [5.41, 5.74) is 20.3. The van der Waals surface area contributed by atoms with Gasteiger partial charge in [-0.1, -0.05) is 120 Å². The molecule has 9 rings (SSSR count). The van der Waals surface area contributed by atoms with Gasteiger partial charge in [-0.3, -0.25) is 86.9 Å². The van der Waals surface area contributed by atoms with Crippen LogP contribution in [0.5, 0.6) is 0 Å². The molecule has 6 aromatic rings. The number of guanidine groups is 1. The number of likely N-dealkylation sites (N-methyl/N-ethyl adjacent to an activating group) is 3. The molecule has 42 nitrogen and oxygen atoms in total. The molecule has 3 aromatic heterocycles. The minimum Gasteiger partial charge on any atom is -0.394 e. The Labute approximate surface area is 796 Å². The van der Waals surface area contributed by atoms with Crippen LogP contribution in [-0.2, 0) is 107 Å². The van der Waals surface area contributed by atoms with Crippen LogP contribution in [0, 0.1) is 18.3 Å². The van der Waals surface area contributed by atoms with Gasteiger partial charge in [-0.2, -0.15) is 0 Å². The van der Waals surface area contributed by atoms with Gasteiger partial charge in [-0.25, -0.2) is 4.98 Å². The molecule has 44 heteroatoms. The van der Waals surface area contributed by atoms with Crippen molar-refractivity contribution in [2.45, 2.75) is 241 Å². The molecule has 15 atom stereocenters. The molecule has 22 N–H and O–H groups in total. The molecule has 0 unspecified atom stereocenters. The second-order valence-corrected chi connectivity index (χ2v) is 37.1. The number of H-pyrrole nitrogens is 2. The highest BCUT2D eigenvalue weighted by atomic mass is 32.2. The Kier molecular flexibility index (Phi) is 40.0. The first-order valence-electron chi connectivity index (χ1n) is 45.7. The number of nitrogens with zero attached hydrogens (tertiary/aromatic N) is 6. The maximum atomic E-state index is 15.8. The zero-order valence-corrected chi connectivity index (χ0v) is 79.6. The lowest BCUT2D eigenvalue weighted by Crippen LogP contribution is -2.62. The van der Waals surface area contributed by atoms with E-state index >= 15 is 38.4 Å². The van der Waals surface area contributed by atoms with Gasteiger partial charge in [0.25, 0.3) is 0 Å². The van der Waals surface area contributed by atoms with E-state index in [1.165, 1.54) is 51.9 Å². The van der Waals surface area contributed by atoms with E-state index < -0.39 is 235 Å². The zero-order chi connectivity index (χ0) is 99.3. The molecule has 738 valence electrons. The summed E-state index contributed by atoms with van der Waals surface area (Å²) in [6.07, 6.45) is 2.41. The van der Waals surface area contributed by atoms with Crippen molar-refractivity contribution in [3.05, 3.63) is 125 Å². The van der Waals surface area contributed by atoms with Crippen molar-refractivity contribution in [1.82, 2.24) is 97.9 Å². The number of hydrogen-bond donors (Lipinski definition) is 19. The predicted molar refractivity (Wildman–Crippen MR) is 506 cm³/mol. The number of aliphatic hydroxyl groups is 2. The molecule has 136 heavy (non-hydrogen) atoms. The molecule has 3 saturated heterocycles. The number of benzene rings is 3. The number of para-hydroxylation sites is 1. The van der Waals surface area contributed by atoms with Crippen LogP contribution in [0.1, 0.15) is 146 Å². The average molecular weight is 1930 g/mol. The van der Waals surface area contributed by atoms with Gasteiger partial charge < -0.3 is 120 Å². The van der Waals surface area contributed by atoms with Crippen LogP contribution in [0.2, 0.25) is 0 Å². The van der Waals surface area contributed by atoms with Gasteiger partial charge in [0.05, 0.1) is 37.8 Å². The van der Waals surface area contributed by atoms with Crippen LogP contribution in [-0.4, -0.2) is 312 Å². The number of aryl methyl sites for hydroxylation is 1. The van der Waals surface area contributed by atoms with Crippen molar-refractivity contribution in [2.75, 3.05) is 65.4 Å². The third-order valence-electron chi connectivity index (χ3n) is 24.4. The summed E-state index contributed by atoms with van der Waals surface area (Å²) < 4.78 is 0.816. The van der Waals surface area contributed by atoms with Crippen molar-refractivity contribution in [2.24, 2.45) is 23.1 Å². The minimum absolute atomic E-state index is 0.00230. The Morgan fingerprint density at radius 2 is 1.15 bits per heavy atom. The van der Waals surface area contributed by atoms with Gasteiger partial charge in [0.15, 0.2) is 5.96 Å². The van der Waals surface area contributed by atoms with Gasteiger partial charge in [0.1, 0.15) is 84.6 Å². The number of fused-ring (bicyclic) bond motifs is 4. The molecule has 0 spiro atoms. The van der Waals surface area contributed by atoms with Crippen molar-refractivity contribution in [3.8, 4) is 0 Å². The summed E-state index contributed by atoms with van der Waals surface area (Å²) in [6.45, 7) is 7.97. The lowest BCUT2D eigenvalue weighted by Gasteiger charge is -2.36. The maximum Gasteiger partial charge on any atom is 0.246 e. The Balaban J connectivity index is 1.10. The summed E-state index contributed by atoms with van der Waals surface area (Å²) in [6, 6.07) is -0.330. The number of rotatable bonds is 26. The number of nitrogens with one attached hydrogen (secondary N) is 14. The first-order valence-corrected chi connectivity index (χ1v) is 47.8. The maximum absolute atomic E-state index is 15.8. The number of imidazole rings is 1. The number of aromatic nitrogens is 3. The first-order chi connectivity index (χ1) is 64.8. The molecule has 3 aliphatic heterocycles. The monoisotopic (exact) mass is 1920 g/mol. The SMILES string of the molecule is CCCC[C@H]1C(=O)N(C)[C@@H](CCCC)C(=O)N[C@@H](CCCNC(=N)N)C(=O)N[C@H](C(=O)NCC(N)=O)CSCC(=O)N[C@@H](Cc2ccc(C)cc2)C(=O)N(C)[C@@H](C)C(=O)N[C@@H](CC(N)=O)C(=O)N2CCC[C@H]2C(=O)N[C@@H](Cc2cnc[nH]2)C(=O)N[C@@H](CC(C)C)C(=O)N2C[C@H](O)C[C@H]2C(=O)N[C@@H](Cc2c[nH]c3ccccc23)C(=O)N[C@@H](CO)C(=O)N[C@@H](Cc2csc3ccccc23)C(=O)N1C. The van der Waals surface area contributed by atoms with E-state index in [2.05, 4.69) is 73.4 Å². The summed E-state index contributed by atoms with van der Waals surface area (Å²) in [7, 11) is 3.97. The van der Waals surface area contributed by atoms with Gasteiger partial charge >= 0.3 is 0 Å². The first kappa shape index (κ1) is 107. The molecular formula is C92H129N23O19S2. The zero-order valence-electron chi connectivity index (χ0n) is 78.0. The lowest BCUT2D eigenvalue weighted by molar-refractivity contribution is -0.149. The van der Waals surface area contributed by atoms with Crippen LogP contribution in [0.3, 0.4) is 0 Å². The van der Waals surface area contributed by atoms with E-state index in [0.29, 0.717) is 64.4 Å². The van der Waals surface area contributed by atoms with Crippen LogP contribution in [0.15, 0.2) is 96.9 Å². The lowest BCUT2D eigenvalue weighted by atomic mass is 10.00. The number of aromatic amines is 2. The van der Waals surface area contributed by atoms with Crippen LogP contribution >= 0.6 is 23.1 Å². The third kappa shape index (κ3) is 29.7. The standard InChI is InChI=1S/C92H129N23O19S2/c1-10-12-24-70-84(127)103-61(23-18-32-98-92(95)96)80(123)110-69(79(122)100-43-76(94)119)47-135-48-77(120)102-65(35-53-30-28-51(5)29-31-53)87(130)111(7)52(6)78(121)106-67(40-75(93)118)89(132)114-33-19-26-71(114)85(128)105-63(38-56-42-97-49-101-56)82(125)107-64(34-50(3)4)90(133)115-44-57(117)39-73(115)86(129)104-62(36-54-41-99-60-22-16-14-20-58(54)60)81(124)109-68(45-116)83(126)108-66(37-55-46-136-74-27-17-15-21-59(55)74)88(131)113(9)72(25-13-11-2)91(134)112(70)8/h14-17,20-22,27-31,41-42,46,49-50,52,57,61-73,99,116-117H,10-13,18-19,23-26,32-40,43-45,47-48H2,1-9H3,(H2,93,118)(H2,94,119)(H,97,101)(H,100,122)(H,102,120)(H,103,127)(H,104,129)(H,105,128)(H,106,121)(H,107,125)(H,108,126)(H,109,124)(H,110,123)(H4,95,96,98)/t52-,57+,61-,62-,63-,64-,65-,66-,67-,68-,69-,70-,71-,72-,73-/m0/s1. The highest BCUT2D eigenvalue weighted by Gasteiger charge is 2.47. The Morgan fingerprint density at radius 1 is 0.574 bits per heavy atom. The largest absolute Gasteiger partial charge is 0.394 e. The van der Waals surface area contributed by atoms with Gasteiger partial charge in [-0.15, -0.1) is 23.1 Å². The predicted octanol–water partition coefficient (Wildman–Crippen LogP) is -1.59. The van der Waals surface area contributed by atoms with Crippen LogP contribution in [0.4, 0.5) is 0 Å². The second-order valence-electron chi connectivity index (χ2n) is 35.2. The Hall–Kier alpha value is -13.1. The number of primary amides is 2.